The summed E-state index contributed by atoms with van der Waals surface area (Å²) < 4.78 is 75.1. The number of ether oxygens (including phenoxy) is 2. The summed E-state index contributed by atoms with van der Waals surface area (Å²) in [6.07, 6.45) is -5.61. The molecule has 0 atom stereocenters. The van der Waals surface area contributed by atoms with Crippen molar-refractivity contribution in [3.05, 3.63) is 54.1 Å². The van der Waals surface area contributed by atoms with Gasteiger partial charge in [-0.1, -0.05) is 12.1 Å². The van der Waals surface area contributed by atoms with Gasteiger partial charge < -0.3 is 25.2 Å². The van der Waals surface area contributed by atoms with E-state index in [1.165, 1.54) is 36.4 Å². The van der Waals surface area contributed by atoms with Gasteiger partial charge in [-0.2, -0.15) is 8.78 Å². The molecular weight excluding hydrogens is 427 g/mol. The summed E-state index contributed by atoms with van der Waals surface area (Å²) in [7, 11) is 0. The topological polar surface area (TPSA) is 85.0 Å². The number of hydrogen-bond donors (Lipinski definition) is 2. The molecule has 11 heteroatoms. The van der Waals surface area contributed by atoms with Gasteiger partial charge in [0.2, 0.25) is 0 Å². The molecule has 0 heterocycles. The Morgan fingerprint density at radius 1 is 1.00 bits per heavy atom. The molecule has 0 saturated heterocycles. The van der Waals surface area contributed by atoms with Gasteiger partial charge in [-0.05, 0) is 42.8 Å². The molecule has 170 valence electrons. The lowest BCUT2D eigenvalue weighted by Crippen LogP contribution is -2.44. The van der Waals surface area contributed by atoms with Crippen molar-refractivity contribution in [2.45, 2.75) is 25.3 Å². The molecule has 6 nitrogen and oxygen atoms in total. The fourth-order valence-corrected chi connectivity index (χ4v) is 2.82. The highest BCUT2D eigenvalue weighted by molar-refractivity contribution is 5.98. The minimum absolute atomic E-state index is 0.102. The monoisotopic (exact) mass is 448 g/mol. The number of carbonyl (C=O) groups excluding carboxylic acids is 1. The first-order chi connectivity index (χ1) is 14.5. The predicted octanol–water partition coefficient (Wildman–Crippen LogP) is 3.93. The number of nitrogens with two attached hydrogens (primary N) is 1. The zero-order chi connectivity index (χ0) is 23.1. The SMILES string of the molecule is NC(=O)c1ccccc1N(CCO)C(F)(F)CCCOc1ccc(OC(F)(F)F)cc1. The molecule has 0 radical (unpaired) electrons. The molecule has 0 saturated carbocycles. The van der Waals surface area contributed by atoms with E-state index in [0.29, 0.717) is 4.90 Å². The lowest BCUT2D eigenvalue weighted by atomic mass is 10.1. The summed E-state index contributed by atoms with van der Waals surface area (Å²) in [6, 6.07) is 6.68. The number of amides is 1. The number of alkyl halides is 5. The van der Waals surface area contributed by atoms with Crippen LogP contribution in [0.3, 0.4) is 0 Å². The number of rotatable bonds is 11. The van der Waals surface area contributed by atoms with Crippen LogP contribution in [0.25, 0.3) is 0 Å². The highest BCUT2D eigenvalue weighted by Gasteiger charge is 2.38. The maximum Gasteiger partial charge on any atom is 0.573 e. The van der Waals surface area contributed by atoms with E-state index in [2.05, 4.69) is 4.74 Å². The molecule has 3 N–H and O–H groups in total. The van der Waals surface area contributed by atoms with Crippen LogP contribution in [0.5, 0.6) is 11.5 Å². The van der Waals surface area contributed by atoms with Crippen LogP contribution >= 0.6 is 0 Å². The van der Waals surface area contributed by atoms with Crippen LogP contribution in [0.1, 0.15) is 23.2 Å². The van der Waals surface area contributed by atoms with Crippen molar-refractivity contribution >= 4 is 11.6 Å². The predicted molar refractivity (Wildman–Crippen MR) is 102 cm³/mol. The molecular formula is C20H21F5N2O4. The van der Waals surface area contributed by atoms with Crippen LogP contribution in [0.2, 0.25) is 0 Å². The summed E-state index contributed by atoms with van der Waals surface area (Å²) in [5.74, 6) is -1.13. The molecule has 0 spiro atoms. The molecule has 0 fully saturated rings. The molecule has 2 aromatic carbocycles. The highest BCUT2D eigenvalue weighted by atomic mass is 19.4. The lowest BCUT2D eigenvalue weighted by Gasteiger charge is -2.33. The number of halogens is 5. The Morgan fingerprint density at radius 2 is 1.61 bits per heavy atom. The van der Waals surface area contributed by atoms with Crippen LogP contribution in [0.15, 0.2) is 48.5 Å². The first-order valence-electron chi connectivity index (χ1n) is 9.17. The van der Waals surface area contributed by atoms with E-state index in [0.717, 1.165) is 12.1 Å². The molecule has 2 aromatic rings. The summed E-state index contributed by atoms with van der Waals surface area (Å²) in [6.45, 7) is -1.15. The second kappa shape index (κ2) is 10.3. The first kappa shape index (κ1) is 24.2. The Morgan fingerprint density at radius 3 is 2.19 bits per heavy atom. The van der Waals surface area contributed by atoms with Crippen LogP contribution in [0, 0.1) is 0 Å². The van der Waals surface area contributed by atoms with Crippen molar-refractivity contribution in [1.82, 2.24) is 0 Å². The highest BCUT2D eigenvalue weighted by Crippen LogP contribution is 2.33. The van der Waals surface area contributed by atoms with E-state index < -0.39 is 43.6 Å². The molecule has 2 rings (SSSR count). The summed E-state index contributed by atoms with van der Waals surface area (Å²) >= 11 is 0. The zero-order valence-corrected chi connectivity index (χ0v) is 16.2. The standard InChI is InChI=1S/C20H21F5N2O4/c21-19(22,27(11-12-28)17-5-2-1-4-16(17)18(26)29)10-3-13-30-14-6-8-15(9-7-14)31-20(23,24)25/h1-2,4-9,28H,3,10-13H2,(H2,26,29). The first-order valence-corrected chi connectivity index (χ1v) is 9.17. The number of benzene rings is 2. The van der Waals surface area contributed by atoms with E-state index in [9.17, 15) is 31.9 Å². The smallest absolute Gasteiger partial charge is 0.494 e. The summed E-state index contributed by atoms with van der Waals surface area (Å²) in [4.78, 5) is 12.2. The van der Waals surface area contributed by atoms with E-state index in [1.54, 1.807) is 0 Å². The molecule has 0 bridgehead atoms. The Kier molecular flexibility index (Phi) is 8.03. The van der Waals surface area contributed by atoms with Crippen LogP contribution < -0.4 is 20.1 Å². The summed E-state index contributed by atoms with van der Waals surface area (Å²) in [5.41, 5.74) is 5.05. The van der Waals surface area contributed by atoms with E-state index >= 15 is 0 Å². The van der Waals surface area contributed by atoms with Crippen LogP contribution in [-0.4, -0.2) is 43.2 Å². The van der Waals surface area contributed by atoms with Crippen LogP contribution in [0.4, 0.5) is 27.6 Å². The minimum atomic E-state index is -4.82. The van der Waals surface area contributed by atoms with E-state index in [1.807, 2.05) is 0 Å². The second-order valence-electron chi connectivity index (χ2n) is 6.39. The molecule has 0 aromatic heterocycles. The van der Waals surface area contributed by atoms with Gasteiger partial charge in [0.1, 0.15) is 11.5 Å². The van der Waals surface area contributed by atoms with Crippen molar-refractivity contribution < 1.29 is 41.3 Å². The number of aliphatic hydroxyl groups is 1. The molecule has 31 heavy (non-hydrogen) atoms. The van der Waals surface area contributed by atoms with Gasteiger partial charge >= 0.3 is 12.4 Å². The number of hydrogen-bond acceptors (Lipinski definition) is 5. The zero-order valence-electron chi connectivity index (χ0n) is 16.2. The lowest BCUT2D eigenvalue weighted by molar-refractivity contribution is -0.274. The van der Waals surface area contributed by atoms with Gasteiger partial charge in [0, 0.05) is 13.0 Å². The third kappa shape index (κ3) is 7.28. The van der Waals surface area contributed by atoms with Crippen molar-refractivity contribution in [3.63, 3.8) is 0 Å². The Bertz CT molecular complexity index is 859. The average Bonchev–Trinajstić information content (AvgIpc) is 2.69. The fraction of sp³-hybridized carbons (Fsp3) is 0.350. The normalized spacial score (nSPS) is 11.8. The van der Waals surface area contributed by atoms with E-state index in [-0.39, 0.29) is 30.0 Å². The maximum atomic E-state index is 14.8. The van der Waals surface area contributed by atoms with Crippen LogP contribution in [-0.2, 0) is 0 Å². The molecule has 0 aliphatic carbocycles. The third-order valence-electron chi connectivity index (χ3n) is 4.13. The Hall–Kier alpha value is -3.08. The number of nitrogens with zero attached hydrogens (tertiary/aromatic N) is 1. The quantitative estimate of drug-likeness (QED) is 0.309. The molecule has 0 aliphatic rings. The minimum Gasteiger partial charge on any atom is -0.494 e. The van der Waals surface area contributed by atoms with Gasteiger partial charge in [-0.3, -0.25) is 4.79 Å². The third-order valence-corrected chi connectivity index (χ3v) is 4.13. The number of primary amides is 1. The van der Waals surface area contributed by atoms with Gasteiger partial charge in [0.25, 0.3) is 5.91 Å². The summed E-state index contributed by atoms with van der Waals surface area (Å²) in [5, 5.41) is 9.21. The second-order valence-corrected chi connectivity index (χ2v) is 6.39. The average molecular weight is 448 g/mol. The van der Waals surface area contributed by atoms with Crippen molar-refractivity contribution in [2.75, 3.05) is 24.7 Å². The van der Waals surface area contributed by atoms with Crippen molar-refractivity contribution in [1.29, 1.82) is 0 Å². The Labute approximate surface area is 175 Å². The number of aliphatic hydroxyl groups excluding tert-OH is 1. The number of anilines is 1. The van der Waals surface area contributed by atoms with Gasteiger partial charge in [0.15, 0.2) is 0 Å². The largest absolute Gasteiger partial charge is 0.573 e. The van der Waals surface area contributed by atoms with Gasteiger partial charge in [-0.25, -0.2) is 0 Å². The van der Waals surface area contributed by atoms with Crippen molar-refractivity contribution in [3.8, 4) is 11.5 Å². The van der Waals surface area contributed by atoms with Gasteiger partial charge in [-0.15, -0.1) is 13.2 Å². The van der Waals surface area contributed by atoms with E-state index in [4.69, 9.17) is 10.5 Å². The van der Waals surface area contributed by atoms with Crippen molar-refractivity contribution in [2.24, 2.45) is 5.73 Å². The fourth-order valence-electron chi connectivity index (χ4n) is 2.82. The Balaban J connectivity index is 1.97. The molecule has 1 amide bonds. The molecule has 0 unspecified atom stereocenters. The molecule has 0 aliphatic heterocycles. The number of carbonyl (C=O) groups is 1. The maximum absolute atomic E-state index is 14.8. The van der Waals surface area contributed by atoms with Gasteiger partial charge in [0.05, 0.1) is 24.5 Å². The number of para-hydroxylation sites is 1.